The van der Waals surface area contributed by atoms with Crippen molar-refractivity contribution in [2.45, 2.75) is 13.5 Å². The fraction of sp³-hybridized carbons (Fsp3) is 0.130. The maximum Gasteiger partial charge on any atom is 0.281 e. The third-order valence-electron chi connectivity index (χ3n) is 4.45. The molecule has 0 radical (unpaired) electrons. The lowest BCUT2D eigenvalue weighted by Gasteiger charge is -2.13. The predicted molar refractivity (Wildman–Crippen MR) is 118 cm³/mol. The number of nitrogens with one attached hydrogen (secondary N) is 1. The summed E-state index contributed by atoms with van der Waals surface area (Å²) >= 11 is 5.25. The summed E-state index contributed by atoms with van der Waals surface area (Å²) in [6, 6.07) is 16.4. The zero-order valence-corrected chi connectivity index (χ0v) is 17.4. The molecule has 0 spiro atoms. The highest BCUT2D eigenvalue weighted by molar-refractivity contribution is 7.80. The number of ether oxygens (including phenoxy) is 2. The number of anilines is 1. The second kappa shape index (κ2) is 9.01. The van der Waals surface area contributed by atoms with Crippen LogP contribution in [0.1, 0.15) is 18.4 Å². The highest BCUT2D eigenvalue weighted by Gasteiger charge is 2.32. The van der Waals surface area contributed by atoms with Gasteiger partial charge in [-0.15, -0.1) is 0 Å². The molecular formula is C23H19FN2O4S. The van der Waals surface area contributed by atoms with Crippen LogP contribution in [-0.2, 0) is 11.4 Å². The van der Waals surface area contributed by atoms with E-state index in [1.807, 2.05) is 31.2 Å². The third-order valence-corrected chi connectivity index (χ3v) is 4.73. The molecule has 31 heavy (non-hydrogen) atoms. The molecule has 0 aliphatic carbocycles. The first-order chi connectivity index (χ1) is 15.0. The first-order valence-electron chi connectivity index (χ1n) is 9.60. The van der Waals surface area contributed by atoms with Gasteiger partial charge < -0.3 is 19.2 Å². The maximum atomic E-state index is 13.2. The van der Waals surface area contributed by atoms with Crippen LogP contribution in [0.15, 0.2) is 70.8 Å². The highest BCUT2D eigenvalue weighted by Crippen LogP contribution is 2.24. The van der Waals surface area contributed by atoms with E-state index in [2.05, 4.69) is 5.32 Å². The Morgan fingerprint density at radius 2 is 1.71 bits per heavy atom. The Hall–Kier alpha value is -3.65. The zero-order chi connectivity index (χ0) is 21.8. The van der Waals surface area contributed by atoms with E-state index in [0.29, 0.717) is 29.6 Å². The van der Waals surface area contributed by atoms with Crippen LogP contribution in [0, 0.1) is 5.82 Å². The van der Waals surface area contributed by atoms with Crippen molar-refractivity contribution < 1.29 is 23.1 Å². The normalized spacial score (nSPS) is 14.8. The summed E-state index contributed by atoms with van der Waals surface area (Å²) in [6.45, 7) is 2.77. The molecule has 0 unspecified atom stereocenters. The van der Waals surface area contributed by atoms with E-state index in [-0.39, 0.29) is 29.1 Å². The molecule has 1 aromatic heterocycles. The van der Waals surface area contributed by atoms with Gasteiger partial charge in [0.25, 0.3) is 5.91 Å². The number of hydrogen-bond acceptors (Lipinski definition) is 5. The second-order valence-electron chi connectivity index (χ2n) is 6.60. The molecule has 0 bridgehead atoms. The minimum Gasteiger partial charge on any atom is -0.494 e. The van der Waals surface area contributed by atoms with Crippen molar-refractivity contribution in [3.05, 3.63) is 83.7 Å². The van der Waals surface area contributed by atoms with E-state index in [0.717, 1.165) is 5.75 Å². The molecule has 0 atom stereocenters. The fourth-order valence-electron chi connectivity index (χ4n) is 3.00. The van der Waals surface area contributed by atoms with Crippen LogP contribution in [0.3, 0.4) is 0 Å². The van der Waals surface area contributed by atoms with E-state index < -0.39 is 0 Å². The number of thiocarbonyl (C=S) groups is 1. The number of carbonyl (C=O) groups is 1. The smallest absolute Gasteiger partial charge is 0.281 e. The quantitative estimate of drug-likeness (QED) is 0.428. The number of halogens is 1. The van der Waals surface area contributed by atoms with Crippen molar-refractivity contribution in [2.24, 2.45) is 0 Å². The Labute approximate surface area is 183 Å². The zero-order valence-electron chi connectivity index (χ0n) is 16.6. The Balaban J connectivity index is 1.41. The number of rotatable bonds is 7. The van der Waals surface area contributed by atoms with Crippen molar-refractivity contribution in [1.82, 2.24) is 5.32 Å². The minimum absolute atomic E-state index is 0.216. The van der Waals surface area contributed by atoms with Crippen LogP contribution in [-0.4, -0.2) is 17.6 Å². The van der Waals surface area contributed by atoms with Crippen LogP contribution in [0.2, 0.25) is 0 Å². The molecule has 6 nitrogen and oxygen atoms in total. The molecule has 0 saturated carbocycles. The van der Waals surface area contributed by atoms with Crippen LogP contribution in [0.5, 0.6) is 11.5 Å². The van der Waals surface area contributed by atoms with Gasteiger partial charge in [-0.05, 0) is 79.8 Å². The van der Waals surface area contributed by atoms with Gasteiger partial charge in [0.05, 0.1) is 12.3 Å². The van der Waals surface area contributed by atoms with E-state index in [1.54, 1.807) is 18.2 Å². The monoisotopic (exact) mass is 438 g/mol. The number of hydrogen-bond donors (Lipinski definition) is 1. The van der Waals surface area contributed by atoms with Gasteiger partial charge >= 0.3 is 0 Å². The van der Waals surface area contributed by atoms with Crippen LogP contribution < -0.4 is 19.7 Å². The maximum absolute atomic E-state index is 13.2. The van der Waals surface area contributed by atoms with Gasteiger partial charge in [0, 0.05) is 6.08 Å². The van der Waals surface area contributed by atoms with Gasteiger partial charge in [0.15, 0.2) is 5.11 Å². The molecular weight excluding hydrogens is 419 g/mol. The van der Waals surface area contributed by atoms with Crippen molar-refractivity contribution >= 4 is 35.0 Å². The molecule has 1 aliphatic heterocycles. The molecule has 2 aromatic carbocycles. The standard InChI is InChI=1S/C23H19FN2O4S/c1-2-28-17-7-9-18(10-8-17)29-14-20-12-11-19(30-20)13-21-22(27)26(23(31)25-21)16-5-3-15(24)4-6-16/h3-13H,2,14H2,1H3,(H,25,31)/b21-13+. The van der Waals surface area contributed by atoms with Crippen molar-refractivity contribution in [3.8, 4) is 11.5 Å². The summed E-state index contributed by atoms with van der Waals surface area (Å²) in [6.07, 6.45) is 1.57. The second-order valence-corrected chi connectivity index (χ2v) is 6.99. The van der Waals surface area contributed by atoms with Gasteiger partial charge in [0.2, 0.25) is 0 Å². The number of benzene rings is 2. The summed E-state index contributed by atoms with van der Waals surface area (Å²) in [5.41, 5.74) is 0.749. The van der Waals surface area contributed by atoms with E-state index >= 15 is 0 Å². The highest BCUT2D eigenvalue weighted by atomic mass is 32.1. The third kappa shape index (κ3) is 4.75. The fourth-order valence-corrected chi connectivity index (χ4v) is 3.30. The Morgan fingerprint density at radius 3 is 2.39 bits per heavy atom. The summed E-state index contributed by atoms with van der Waals surface area (Å²) in [7, 11) is 0. The van der Waals surface area contributed by atoms with Crippen molar-refractivity contribution in [3.63, 3.8) is 0 Å². The number of furan rings is 1. The topological polar surface area (TPSA) is 63.9 Å². The first-order valence-corrected chi connectivity index (χ1v) is 10.0. The number of amides is 1. The summed E-state index contributed by atoms with van der Waals surface area (Å²) in [4.78, 5) is 14.0. The molecule has 158 valence electrons. The number of carbonyl (C=O) groups excluding carboxylic acids is 1. The van der Waals surface area contributed by atoms with Crippen molar-refractivity contribution in [2.75, 3.05) is 11.5 Å². The average Bonchev–Trinajstić information content (AvgIpc) is 3.32. The minimum atomic E-state index is -0.388. The summed E-state index contributed by atoms with van der Waals surface area (Å²) in [5.74, 6) is 1.81. The van der Waals surface area contributed by atoms with Crippen molar-refractivity contribution in [1.29, 1.82) is 0 Å². The number of nitrogens with zero attached hydrogens (tertiary/aromatic N) is 1. The Kier molecular flexibility index (Phi) is 5.99. The van der Waals surface area contributed by atoms with E-state index in [1.165, 1.54) is 29.2 Å². The molecule has 1 aliphatic rings. The Morgan fingerprint density at radius 1 is 1.03 bits per heavy atom. The van der Waals surface area contributed by atoms with Gasteiger partial charge in [-0.2, -0.15) is 0 Å². The predicted octanol–water partition coefficient (Wildman–Crippen LogP) is 4.66. The van der Waals surface area contributed by atoms with Gasteiger partial charge in [-0.1, -0.05) is 0 Å². The van der Waals surface area contributed by atoms with Gasteiger partial charge in [0.1, 0.15) is 41.1 Å². The molecule has 2 heterocycles. The molecule has 4 rings (SSSR count). The molecule has 1 fully saturated rings. The summed E-state index contributed by atoms with van der Waals surface area (Å²) in [5, 5.41) is 3.09. The molecule has 8 heteroatoms. The lowest BCUT2D eigenvalue weighted by Crippen LogP contribution is -2.30. The lowest BCUT2D eigenvalue weighted by atomic mass is 10.2. The van der Waals surface area contributed by atoms with Gasteiger partial charge in [-0.25, -0.2) is 4.39 Å². The SMILES string of the molecule is CCOc1ccc(OCc2ccc(/C=C3/NC(=S)N(c4ccc(F)cc4)C3=O)o2)cc1. The van der Waals surface area contributed by atoms with Gasteiger partial charge in [-0.3, -0.25) is 9.69 Å². The largest absolute Gasteiger partial charge is 0.494 e. The molecule has 1 amide bonds. The molecule has 1 N–H and O–H groups in total. The van der Waals surface area contributed by atoms with E-state index in [4.69, 9.17) is 26.1 Å². The Bertz CT molecular complexity index is 1120. The molecule has 1 saturated heterocycles. The first kappa shape index (κ1) is 20.6. The molecule has 3 aromatic rings. The van der Waals surface area contributed by atoms with E-state index in [9.17, 15) is 9.18 Å². The van der Waals surface area contributed by atoms with Crippen LogP contribution in [0.25, 0.3) is 6.08 Å². The van der Waals surface area contributed by atoms with Crippen LogP contribution >= 0.6 is 12.2 Å². The summed E-state index contributed by atoms with van der Waals surface area (Å²) < 4.78 is 30.0. The van der Waals surface area contributed by atoms with Crippen LogP contribution in [0.4, 0.5) is 10.1 Å². The average molecular weight is 438 g/mol. The lowest BCUT2D eigenvalue weighted by molar-refractivity contribution is -0.113.